The number of fused-ring (bicyclic) bond motifs is 1. The molecule has 1 aliphatic rings. The molecular weight excluding hydrogens is 517 g/mol. The van der Waals surface area contributed by atoms with Crippen molar-refractivity contribution in [2.75, 3.05) is 7.11 Å². The highest BCUT2D eigenvalue weighted by molar-refractivity contribution is 6.33. The van der Waals surface area contributed by atoms with Gasteiger partial charge in [0, 0.05) is 0 Å². The van der Waals surface area contributed by atoms with Gasteiger partial charge in [-0.25, -0.2) is 9.89 Å². The number of allylic oxidation sites excluding steroid dienone is 1. The lowest BCUT2D eigenvalue weighted by Crippen LogP contribution is -2.15. The van der Waals surface area contributed by atoms with E-state index in [0.717, 1.165) is 52.7 Å². The van der Waals surface area contributed by atoms with E-state index in [1.165, 1.54) is 0 Å². The minimum Gasteiger partial charge on any atom is -0.497 e. The summed E-state index contributed by atoms with van der Waals surface area (Å²) in [6, 6.07) is 19.5. The van der Waals surface area contributed by atoms with Crippen molar-refractivity contribution in [1.29, 1.82) is 0 Å². The quantitative estimate of drug-likeness (QED) is 0.199. The fraction of sp³-hybridized carbons (Fsp3) is 0.167. The second kappa shape index (κ2) is 10.4. The van der Waals surface area contributed by atoms with Crippen molar-refractivity contribution in [2.24, 2.45) is 5.92 Å². The molecule has 1 saturated carbocycles. The van der Waals surface area contributed by atoms with Gasteiger partial charge in [-0.05, 0) is 88.6 Å². The Morgan fingerprint density at radius 2 is 1.79 bits per heavy atom. The number of H-pyrrole nitrogens is 3. The van der Waals surface area contributed by atoms with E-state index in [9.17, 15) is 9.18 Å². The number of halogens is 2. The summed E-state index contributed by atoms with van der Waals surface area (Å²) in [5, 5.41) is 13.8. The van der Waals surface area contributed by atoms with Gasteiger partial charge >= 0.3 is 5.69 Å². The second-order valence-electron chi connectivity index (χ2n) is 9.55. The summed E-state index contributed by atoms with van der Waals surface area (Å²) in [7, 11) is 1.62. The third-order valence-electron chi connectivity index (χ3n) is 7.20. The normalized spacial score (nSPS) is 14.5. The SMILES string of the molecule is COc1ccc(/C(=C(\c2ccc(/C=C/c3n[nH]c(=O)[nH]3)cc2)c2ccc3n[nH]c(F)c3c2)C2CCC2)c(Cl)c1. The standard InChI is InChI=1S/C30H25ClFN5O2/c1-39-21-11-12-22(24(31)16-21)28(18-3-2-4-18)27(20-10-13-25-23(15-20)29(32)36-34-25)19-8-5-17(6-9-19)7-14-26-33-30(38)37-35-26/h5-16,18H,2-4H2,1H3,(H,34,36)(H2,33,35,37,38)/b14-7+,28-27+. The molecule has 39 heavy (non-hydrogen) atoms. The van der Waals surface area contributed by atoms with E-state index in [1.807, 2.05) is 66.7 Å². The molecule has 0 aliphatic heterocycles. The summed E-state index contributed by atoms with van der Waals surface area (Å²) < 4.78 is 20.0. The summed E-state index contributed by atoms with van der Waals surface area (Å²) in [5.41, 5.74) is 6.09. The zero-order valence-electron chi connectivity index (χ0n) is 21.1. The van der Waals surface area contributed by atoms with Gasteiger partial charge in [0.05, 0.1) is 23.0 Å². The molecule has 0 bridgehead atoms. The molecule has 0 radical (unpaired) electrons. The Hall–Kier alpha value is -4.43. The Kier molecular flexibility index (Phi) is 6.62. The number of methoxy groups -OCH3 is 1. The van der Waals surface area contributed by atoms with Crippen molar-refractivity contribution < 1.29 is 9.13 Å². The Balaban J connectivity index is 1.53. The van der Waals surface area contributed by atoms with Gasteiger partial charge < -0.3 is 4.74 Å². The van der Waals surface area contributed by atoms with E-state index in [2.05, 4.69) is 25.4 Å². The summed E-state index contributed by atoms with van der Waals surface area (Å²) in [4.78, 5) is 13.9. The van der Waals surface area contributed by atoms with Crippen LogP contribution in [0.5, 0.6) is 5.75 Å². The minimum atomic E-state index is -0.462. The van der Waals surface area contributed by atoms with E-state index < -0.39 is 5.95 Å². The average Bonchev–Trinajstić information content (AvgIpc) is 3.51. The summed E-state index contributed by atoms with van der Waals surface area (Å²) in [6.45, 7) is 0. The molecule has 6 rings (SSSR count). The number of nitrogens with zero attached hydrogens (tertiary/aromatic N) is 2. The number of hydrogen-bond donors (Lipinski definition) is 3. The van der Waals surface area contributed by atoms with Gasteiger partial charge in [-0.1, -0.05) is 54.4 Å². The summed E-state index contributed by atoms with van der Waals surface area (Å²) in [5.74, 6) is 0.985. The molecule has 3 aromatic carbocycles. The van der Waals surface area contributed by atoms with Crippen molar-refractivity contribution in [3.63, 3.8) is 0 Å². The number of ether oxygens (including phenoxy) is 1. The van der Waals surface area contributed by atoms with Crippen LogP contribution in [0, 0.1) is 11.9 Å². The van der Waals surface area contributed by atoms with Gasteiger partial charge in [0.1, 0.15) is 5.75 Å². The first-order valence-corrected chi connectivity index (χ1v) is 13.0. The molecule has 0 unspecified atom stereocenters. The van der Waals surface area contributed by atoms with E-state index in [4.69, 9.17) is 16.3 Å². The Labute approximate surface area is 228 Å². The van der Waals surface area contributed by atoms with Gasteiger partial charge in [-0.15, -0.1) is 0 Å². The molecule has 0 saturated heterocycles. The fourth-order valence-corrected chi connectivity index (χ4v) is 5.28. The minimum absolute atomic E-state index is 0.312. The molecule has 2 heterocycles. The molecule has 3 N–H and O–H groups in total. The van der Waals surface area contributed by atoms with Gasteiger partial charge in [0.25, 0.3) is 0 Å². The highest BCUT2D eigenvalue weighted by Crippen LogP contribution is 2.47. The monoisotopic (exact) mass is 541 g/mol. The van der Waals surface area contributed by atoms with Crippen molar-refractivity contribution in [2.45, 2.75) is 19.3 Å². The van der Waals surface area contributed by atoms with Crippen molar-refractivity contribution in [3.05, 3.63) is 110 Å². The molecule has 1 aliphatic carbocycles. The largest absolute Gasteiger partial charge is 0.497 e. The molecule has 7 nitrogen and oxygen atoms in total. The molecule has 196 valence electrons. The molecule has 2 aromatic heterocycles. The van der Waals surface area contributed by atoms with Crippen molar-refractivity contribution in [3.8, 4) is 5.75 Å². The van der Waals surface area contributed by atoms with Gasteiger partial charge in [-0.2, -0.15) is 14.6 Å². The Morgan fingerprint density at radius 1 is 1.00 bits per heavy atom. The lowest BCUT2D eigenvalue weighted by atomic mass is 9.73. The number of benzene rings is 3. The third kappa shape index (κ3) is 4.91. The van der Waals surface area contributed by atoms with Crippen LogP contribution in [-0.4, -0.2) is 32.5 Å². The van der Waals surface area contributed by atoms with E-state index >= 15 is 0 Å². The zero-order valence-corrected chi connectivity index (χ0v) is 21.8. The van der Waals surface area contributed by atoms with Crippen LogP contribution in [0.1, 0.15) is 47.3 Å². The maximum atomic E-state index is 14.6. The topological polar surface area (TPSA) is 99.4 Å². The number of rotatable bonds is 7. The highest BCUT2D eigenvalue weighted by atomic mass is 35.5. The molecule has 5 aromatic rings. The molecule has 0 atom stereocenters. The summed E-state index contributed by atoms with van der Waals surface area (Å²) in [6.07, 6.45) is 6.84. The van der Waals surface area contributed by atoms with Crippen LogP contribution in [0.2, 0.25) is 5.02 Å². The van der Waals surface area contributed by atoms with E-state index in [1.54, 1.807) is 13.2 Å². The first kappa shape index (κ1) is 24.9. The van der Waals surface area contributed by atoms with Crippen LogP contribution in [0.4, 0.5) is 4.39 Å². The number of aromatic nitrogens is 5. The third-order valence-corrected chi connectivity index (χ3v) is 7.51. The van der Waals surface area contributed by atoms with Crippen LogP contribution in [-0.2, 0) is 0 Å². The number of aromatic amines is 3. The predicted molar refractivity (Wildman–Crippen MR) is 152 cm³/mol. The Bertz CT molecular complexity index is 1780. The van der Waals surface area contributed by atoms with Crippen LogP contribution in [0.15, 0.2) is 65.5 Å². The lowest BCUT2D eigenvalue weighted by Gasteiger charge is -2.32. The van der Waals surface area contributed by atoms with Crippen LogP contribution < -0.4 is 10.4 Å². The highest BCUT2D eigenvalue weighted by Gasteiger charge is 2.29. The van der Waals surface area contributed by atoms with Crippen LogP contribution in [0.3, 0.4) is 0 Å². The molecule has 0 amide bonds. The average molecular weight is 542 g/mol. The first-order chi connectivity index (χ1) is 19.0. The zero-order chi connectivity index (χ0) is 26.9. The molecule has 9 heteroatoms. The molecular formula is C30H25ClFN5O2. The second-order valence-corrected chi connectivity index (χ2v) is 9.96. The molecule has 1 fully saturated rings. The van der Waals surface area contributed by atoms with Crippen LogP contribution >= 0.6 is 11.6 Å². The number of nitrogens with one attached hydrogen (secondary N) is 3. The maximum absolute atomic E-state index is 14.6. The van der Waals surface area contributed by atoms with Crippen LogP contribution in [0.25, 0.3) is 34.2 Å². The fourth-order valence-electron chi connectivity index (χ4n) is 5.01. The van der Waals surface area contributed by atoms with Crippen molar-refractivity contribution in [1.82, 2.24) is 25.4 Å². The Morgan fingerprint density at radius 3 is 2.46 bits per heavy atom. The first-order valence-electron chi connectivity index (χ1n) is 12.7. The number of hydrogen-bond acceptors (Lipinski definition) is 4. The molecule has 0 spiro atoms. The maximum Gasteiger partial charge on any atom is 0.340 e. The van der Waals surface area contributed by atoms with Gasteiger partial charge in [0.2, 0.25) is 5.95 Å². The smallest absolute Gasteiger partial charge is 0.340 e. The van der Waals surface area contributed by atoms with Crippen molar-refractivity contribution >= 4 is 45.8 Å². The van der Waals surface area contributed by atoms with E-state index in [0.29, 0.717) is 33.4 Å². The summed E-state index contributed by atoms with van der Waals surface area (Å²) >= 11 is 6.84. The lowest BCUT2D eigenvalue weighted by molar-refractivity contribution is 0.401. The van der Waals surface area contributed by atoms with Gasteiger partial charge in [-0.3, -0.25) is 10.1 Å². The predicted octanol–water partition coefficient (Wildman–Crippen LogP) is 6.71. The van der Waals surface area contributed by atoms with Gasteiger partial charge in [0.15, 0.2) is 5.82 Å². The van der Waals surface area contributed by atoms with E-state index in [-0.39, 0.29) is 5.69 Å².